The maximum Gasteiger partial charge on any atom is 0.224 e. The van der Waals surface area contributed by atoms with Gasteiger partial charge in [0.05, 0.1) is 0 Å². The number of piperidine rings is 1. The van der Waals surface area contributed by atoms with Crippen molar-refractivity contribution in [3.63, 3.8) is 0 Å². The monoisotopic (exact) mass is 419 g/mol. The van der Waals surface area contributed by atoms with Crippen LogP contribution < -0.4 is 0 Å². The molecular formula is C25H26FN3O2. The van der Waals surface area contributed by atoms with Gasteiger partial charge >= 0.3 is 0 Å². The molecule has 31 heavy (non-hydrogen) atoms. The van der Waals surface area contributed by atoms with E-state index in [1.54, 1.807) is 23.2 Å². The number of halogens is 1. The second-order valence-corrected chi connectivity index (χ2v) is 8.05. The molecule has 1 saturated heterocycles. The van der Waals surface area contributed by atoms with E-state index in [4.69, 9.17) is 0 Å². The molecule has 6 heteroatoms. The summed E-state index contributed by atoms with van der Waals surface area (Å²) in [7, 11) is 0. The molecule has 1 fully saturated rings. The molecule has 1 aliphatic rings. The summed E-state index contributed by atoms with van der Waals surface area (Å²) in [6.45, 7) is 3.52. The molecule has 1 aromatic heterocycles. The molecule has 0 N–H and O–H groups in total. The summed E-state index contributed by atoms with van der Waals surface area (Å²) in [6.07, 6.45) is 3.55. The van der Waals surface area contributed by atoms with Crippen LogP contribution in [0.25, 0.3) is 11.1 Å². The largest absolute Gasteiger partial charge is 0.342 e. The van der Waals surface area contributed by atoms with E-state index in [9.17, 15) is 14.0 Å². The number of ketones is 1. The number of amides is 1. The number of likely N-dealkylation sites (tertiary alicyclic amines) is 1. The van der Waals surface area contributed by atoms with Gasteiger partial charge in [-0.25, -0.2) is 4.39 Å². The van der Waals surface area contributed by atoms with Gasteiger partial charge in [0.25, 0.3) is 0 Å². The van der Waals surface area contributed by atoms with Crippen molar-refractivity contribution < 1.29 is 14.0 Å². The van der Waals surface area contributed by atoms with E-state index in [2.05, 4.69) is 5.10 Å². The molecular weight excluding hydrogens is 393 g/mol. The molecule has 0 spiro atoms. The van der Waals surface area contributed by atoms with Gasteiger partial charge in [-0.05, 0) is 37.5 Å². The Morgan fingerprint density at radius 2 is 1.94 bits per heavy atom. The van der Waals surface area contributed by atoms with Gasteiger partial charge in [0.2, 0.25) is 5.91 Å². The summed E-state index contributed by atoms with van der Waals surface area (Å²) in [5.74, 6) is -0.779. The van der Waals surface area contributed by atoms with E-state index in [1.165, 1.54) is 6.07 Å². The summed E-state index contributed by atoms with van der Waals surface area (Å²) < 4.78 is 16.5. The quantitative estimate of drug-likeness (QED) is 0.553. The number of aromatic nitrogens is 2. The van der Waals surface area contributed by atoms with Gasteiger partial charge in [0.15, 0.2) is 5.78 Å². The summed E-state index contributed by atoms with van der Waals surface area (Å²) in [4.78, 5) is 27.5. The third-order valence-electron chi connectivity index (χ3n) is 5.95. The Morgan fingerprint density at radius 3 is 2.65 bits per heavy atom. The summed E-state index contributed by atoms with van der Waals surface area (Å²) in [5, 5.41) is 4.21. The lowest BCUT2D eigenvalue weighted by atomic mass is 9.89. The van der Waals surface area contributed by atoms with Gasteiger partial charge in [-0.3, -0.25) is 14.3 Å². The highest BCUT2D eigenvalue weighted by molar-refractivity contribution is 5.98. The van der Waals surface area contributed by atoms with Gasteiger partial charge in [-0.15, -0.1) is 0 Å². The maximum atomic E-state index is 14.7. The average Bonchev–Trinajstić information content (AvgIpc) is 3.22. The van der Waals surface area contributed by atoms with Crippen molar-refractivity contribution in [2.75, 3.05) is 13.1 Å². The Labute approximate surface area is 181 Å². The van der Waals surface area contributed by atoms with Gasteiger partial charge in [0, 0.05) is 55.0 Å². The summed E-state index contributed by atoms with van der Waals surface area (Å²) in [5.41, 5.74) is 2.64. The topological polar surface area (TPSA) is 55.2 Å². The first kappa shape index (κ1) is 21.0. The van der Waals surface area contributed by atoms with Crippen LogP contribution in [0.4, 0.5) is 4.39 Å². The van der Waals surface area contributed by atoms with Crippen LogP contribution in [0.5, 0.6) is 0 Å². The Hall–Kier alpha value is -3.28. The molecule has 5 nitrogen and oxygen atoms in total. The second kappa shape index (κ2) is 9.25. The normalized spacial score (nSPS) is 16.3. The third-order valence-corrected chi connectivity index (χ3v) is 5.95. The second-order valence-electron chi connectivity index (χ2n) is 8.05. The first-order valence-electron chi connectivity index (χ1n) is 10.7. The van der Waals surface area contributed by atoms with Gasteiger partial charge in [-0.1, -0.05) is 42.5 Å². The van der Waals surface area contributed by atoms with Crippen LogP contribution in [-0.2, 0) is 11.3 Å². The lowest BCUT2D eigenvalue weighted by Crippen LogP contribution is -2.42. The Kier molecular flexibility index (Phi) is 6.26. The summed E-state index contributed by atoms with van der Waals surface area (Å²) in [6, 6.07) is 15.9. The van der Waals surface area contributed by atoms with E-state index in [0.717, 1.165) is 17.7 Å². The molecule has 3 aromatic rings. The third kappa shape index (κ3) is 4.74. The lowest BCUT2D eigenvalue weighted by Gasteiger charge is -2.32. The van der Waals surface area contributed by atoms with Crippen LogP contribution in [0.1, 0.15) is 35.3 Å². The molecule has 0 radical (unpaired) electrons. The van der Waals surface area contributed by atoms with Crippen molar-refractivity contribution in [1.82, 2.24) is 14.7 Å². The maximum absolute atomic E-state index is 14.7. The van der Waals surface area contributed by atoms with Gasteiger partial charge < -0.3 is 4.90 Å². The zero-order valence-corrected chi connectivity index (χ0v) is 17.6. The number of nitrogens with zero attached hydrogens (tertiary/aromatic N) is 3. The number of benzene rings is 2. The van der Waals surface area contributed by atoms with Crippen molar-refractivity contribution in [3.8, 4) is 11.1 Å². The van der Waals surface area contributed by atoms with Crippen molar-refractivity contribution in [3.05, 3.63) is 77.9 Å². The summed E-state index contributed by atoms with van der Waals surface area (Å²) >= 11 is 0. The molecule has 160 valence electrons. The van der Waals surface area contributed by atoms with Crippen molar-refractivity contribution in [2.45, 2.75) is 32.7 Å². The Balaban J connectivity index is 1.41. The van der Waals surface area contributed by atoms with E-state index >= 15 is 0 Å². The highest BCUT2D eigenvalue weighted by Gasteiger charge is 2.29. The number of hydrogen-bond acceptors (Lipinski definition) is 3. The number of aryl methyl sites for hydroxylation is 2. The minimum Gasteiger partial charge on any atom is -0.342 e. The van der Waals surface area contributed by atoms with Crippen LogP contribution in [0.15, 0.2) is 60.8 Å². The predicted octanol–water partition coefficient (Wildman–Crippen LogP) is 4.51. The molecule has 4 rings (SSSR count). The van der Waals surface area contributed by atoms with Crippen molar-refractivity contribution in [2.24, 2.45) is 5.92 Å². The number of rotatable bonds is 6. The number of hydrogen-bond donors (Lipinski definition) is 0. The van der Waals surface area contributed by atoms with E-state index < -0.39 is 5.82 Å². The SMILES string of the molecule is Cc1ccnn1CCC(=O)N1CCCC(C(=O)c2ccc(-c3ccccc3)c(F)c2)C1. The molecule has 0 saturated carbocycles. The van der Waals surface area contributed by atoms with Crippen LogP contribution in [0, 0.1) is 18.7 Å². The molecule has 1 atom stereocenters. The van der Waals surface area contributed by atoms with Crippen molar-refractivity contribution in [1.29, 1.82) is 0 Å². The molecule has 0 bridgehead atoms. The molecule has 1 amide bonds. The van der Waals surface area contributed by atoms with Crippen LogP contribution in [0.2, 0.25) is 0 Å². The standard InChI is InChI=1S/C25H26FN3O2/c1-18-11-13-27-29(18)15-12-24(30)28-14-5-8-21(17-28)25(31)20-9-10-22(23(26)16-20)19-6-3-2-4-7-19/h2-4,6-7,9-11,13,16,21H,5,8,12,14-15,17H2,1H3. The highest BCUT2D eigenvalue weighted by Crippen LogP contribution is 2.26. The first-order valence-corrected chi connectivity index (χ1v) is 10.7. The fourth-order valence-corrected chi connectivity index (χ4v) is 4.17. The fraction of sp³-hybridized carbons (Fsp3) is 0.320. The average molecular weight is 420 g/mol. The smallest absolute Gasteiger partial charge is 0.224 e. The van der Waals surface area contributed by atoms with E-state index in [0.29, 0.717) is 43.6 Å². The van der Waals surface area contributed by atoms with Crippen LogP contribution in [0.3, 0.4) is 0 Å². The van der Waals surface area contributed by atoms with Gasteiger partial charge in [-0.2, -0.15) is 5.10 Å². The van der Waals surface area contributed by atoms with Crippen molar-refractivity contribution >= 4 is 11.7 Å². The molecule has 2 aromatic carbocycles. The van der Waals surface area contributed by atoms with Crippen LogP contribution >= 0.6 is 0 Å². The molecule has 0 aliphatic carbocycles. The Morgan fingerprint density at radius 1 is 1.13 bits per heavy atom. The van der Waals surface area contributed by atoms with Crippen LogP contribution in [-0.4, -0.2) is 39.5 Å². The fourth-order valence-electron chi connectivity index (χ4n) is 4.17. The molecule has 1 aliphatic heterocycles. The minimum absolute atomic E-state index is 0.0259. The highest BCUT2D eigenvalue weighted by atomic mass is 19.1. The Bertz CT molecular complexity index is 1080. The number of carbonyl (C=O) groups excluding carboxylic acids is 2. The first-order chi connectivity index (χ1) is 15.0. The molecule has 1 unspecified atom stereocenters. The lowest BCUT2D eigenvalue weighted by molar-refractivity contribution is -0.132. The number of carbonyl (C=O) groups is 2. The van der Waals surface area contributed by atoms with Gasteiger partial charge in [0.1, 0.15) is 5.82 Å². The molecule has 2 heterocycles. The number of Topliss-reactive ketones (excluding diaryl/α,β-unsaturated/α-hetero) is 1. The minimum atomic E-state index is -0.407. The van der Waals surface area contributed by atoms with E-state index in [1.807, 2.05) is 48.0 Å². The predicted molar refractivity (Wildman–Crippen MR) is 117 cm³/mol. The van der Waals surface area contributed by atoms with E-state index in [-0.39, 0.29) is 17.6 Å². The zero-order chi connectivity index (χ0) is 21.8. The zero-order valence-electron chi connectivity index (χ0n) is 17.6.